The molecule has 1 aromatic rings. The molecule has 1 aromatic carbocycles. The second-order valence-electron chi connectivity index (χ2n) is 7.37. The van der Waals surface area contributed by atoms with Crippen LogP contribution in [0.3, 0.4) is 0 Å². The molecule has 0 aromatic heterocycles. The molecule has 0 N–H and O–H groups in total. The maximum absolute atomic E-state index is 12.8. The highest BCUT2D eigenvalue weighted by Crippen LogP contribution is 2.24. The van der Waals surface area contributed by atoms with Gasteiger partial charge >= 0.3 is 0 Å². The van der Waals surface area contributed by atoms with Crippen molar-refractivity contribution in [1.82, 2.24) is 9.80 Å². The highest BCUT2D eigenvalue weighted by atomic mass is 16.6. The van der Waals surface area contributed by atoms with Crippen LogP contribution in [-0.2, 0) is 9.53 Å². The summed E-state index contributed by atoms with van der Waals surface area (Å²) >= 11 is 0. The average Bonchev–Trinajstić information content (AvgIpc) is 2.66. The molecule has 0 unspecified atom stereocenters. The van der Waals surface area contributed by atoms with Crippen molar-refractivity contribution in [1.29, 1.82) is 0 Å². The van der Waals surface area contributed by atoms with E-state index in [2.05, 4.69) is 0 Å². The summed E-state index contributed by atoms with van der Waals surface area (Å²) in [6.07, 6.45) is 1.29. The molecular formula is C19H25N3O5. The molecule has 0 bridgehead atoms. The van der Waals surface area contributed by atoms with Crippen molar-refractivity contribution < 1.29 is 19.2 Å². The van der Waals surface area contributed by atoms with E-state index in [-0.39, 0.29) is 35.6 Å². The molecule has 8 nitrogen and oxygen atoms in total. The number of rotatable bonds is 3. The zero-order valence-corrected chi connectivity index (χ0v) is 15.7. The molecule has 2 aliphatic heterocycles. The summed E-state index contributed by atoms with van der Waals surface area (Å²) in [5, 5.41) is 10.9. The fourth-order valence-corrected chi connectivity index (χ4v) is 3.88. The van der Waals surface area contributed by atoms with E-state index >= 15 is 0 Å². The van der Waals surface area contributed by atoms with Gasteiger partial charge in [-0.1, -0.05) is 6.07 Å². The molecular weight excluding hydrogens is 350 g/mol. The van der Waals surface area contributed by atoms with E-state index in [4.69, 9.17) is 4.74 Å². The van der Waals surface area contributed by atoms with Crippen LogP contribution in [0, 0.1) is 16.0 Å². The lowest BCUT2D eigenvalue weighted by atomic mass is 9.94. The fraction of sp³-hybridized carbons (Fsp3) is 0.579. The summed E-state index contributed by atoms with van der Waals surface area (Å²) in [4.78, 5) is 39.4. The lowest BCUT2D eigenvalue weighted by Gasteiger charge is -2.39. The van der Waals surface area contributed by atoms with Crippen molar-refractivity contribution in [2.24, 2.45) is 5.92 Å². The van der Waals surface area contributed by atoms with Gasteiger partial charge < -0.3 is 14.5 Å². The molecule has 2 saturated heterocycles. The number of ether oxygens (including phenoxy) is 1. The molecule has 0 aliphatic carbocycles. The minimum atomic E-state index is -0.508. The molecule has 146 valence electrons. The maximum Gasteiger partial charge on any atom is 0.270 e. The van der Waals surface area contributed by atoms with Gasteiger partial charge in [0.25, 0.3) is 11.6 Å². The van der Waals surface area contributed by atoms with E-state index in [0.717, 1.165) is 0 Å². The smallest absolute Gasteiger partial charge is 0.270 e. The lowest BCUT2D eigenvalue weighted by molar-refractivity contribution is -0.384. The van der Waals surface area contributed by atoms with Crippen molar-refractivity contribution in [3.05, 3.63) is 39.9 Å². The second-order valence-corrected chi connectivity index (χ2v) is 7.37. The number of piperidine rings is 1. The third-order valence-corrected chi connectivity index (χ3v) is 5.17. The quantitative estimate of drug-likeness (QED) is 0.596. The highest BCUT2D eigenvalue weighted by molar-refractivity contribution is 5.95. The molecule has 0 spiro atoms. The first-order chi connectivity index (χ1) is 12.8. The first kappa shape index (κ1) is 19.3. The van der Waals surface area contributed by atoms with Gasteiger partial charge in [-0.3, -0.25) is 19.7 Å². The molecule has 2 atom stereocenters. The van der Waals surface area contributed by atoms with Crippen LogP contribution in [0.25, 0.3) is 0 Å². The van der Waals surface area contributed by atoms with E-state index in [0.29, 0.717) is 44.6 Å². The number of nitro groups is 1. The Hall–Kier alpha value is -2.48. The summed E-state index contributed by atoms with van der Waals surface area (Å²) in [6, 6.07) is 5.77. The predicted octanol–water partition coefficient (Wildman–Crippen LogP) is 2.08. The van der Waals surface area contributed by atoms with Crippen LogP contribution in [-0.4, -0.2) is 64.9 Å². The molecule has 0 radical (unpaired) electrons. The van der Waals surface area contributed by atoms with E-state index in [1.807, 2.05) is 18.7 Å². The third-order valence-electron chi connectivity index (χ3n) is 5.17. The van der Waals surface area contributed by atoms with Crippen molar-refractivity contribution in [2.45, 2.75) is 38.9 Å². The number of non-ortho nitro benzene ring substituents is 1. The summed E-state index contributed by atoms with van der Waals surface area (Å²) in [5.41, 5.74) is 0.214. The Morgan fingerprint density at radius 3 is 2.33 bits per heavy atom. The second kappa shape index (κ2) is 8.04. The normalized spacial score (nSPS) is 23.9. The Morgan fingerprint density at radius 2 is 1.74 bits per heavy atom. The van der Waals surface area contributed by atoms with Crippen molar-refractivity contribution in [2.75, 3.05) is 26.2 Å². The number of amides is 2. The van der Waals surface area contributed by atoms with Gasteiger partial charge in [0.05, 0.1) is 17.1 Å². The number of morpholine rings is 1. The first-order valence-corrected chi connectivity index (χ1v) is 9.33. The number of carbonyl (C=O) groups is 2. The Bertz CT molecular complexity index is 720. The Morgan fingerprint density at radius 1 is 1.11 bits per heavy atom. The van der Waals surface area contributed by atoms with E-state index in [1.54, 1.807) is 11.0 Å². The third kappa shape index (κ3) is 4.44. The molecule has 2 aliphatic rings. The van der Waals surface area contributed by atoms with Gasteiger partial charge in [-0.05, 0) is 32.8 Å². The summed E-state index contributed by atoms with van der Waals surface area (Å²) < 4.78 is 5.68. The van der Waals surface area contributed by atoms with Gasteiger partial charge in [-0.2, -0.15) is 0 Å². The predicted molar refractivity (Wildman–Crippen MR) is 98.3 cm³/mol. The van der Waals surface area contributed by atoms with E-state index in [9.17, 15) is 19.7 Å². The molecule has 27 heavy (non-hydrogen) atoms. The number of carbonyl (C=O) groups excluding carboxylic acids is 2. The number of hydrogen-bond acceptors (Lipinski definition) is 5. The van der Waals surface area contributed by atoms with Crippen molar-refractivity contribution in [3.8, 4) is 0 Å². The summed E-state index contributed by atoms with van der Waals surface area (Å²) in [5.74, 6) is -0.172. The fourth-order valence-electron chi connectivity index (χ4n) is 3.88. The van der Waals surface area contributed by atoms with Gasteiger partial charge in [-0.25, -0.2) is 0 Å². The SMILES string of the molecule is C[C@@H]1CN(C(=O)C2CCN(C(=O)c3cccc([N+](=O)[O-])c3)CC2)C[C@H](C)O1. The lowest BCUT2D eigenvalue weighted by Crippen LogP contribution is -2.51. The highest BCUT2D eigenvalue weighted by Gasteiger charge is 2.33. The van der Waals surface area contributed by atoms with Gasteiger partial charge in [0, 0.05) is 49.8 Å². The Kier molecular flexibility index (Phi) is 5.74. The van der Waals surface area contributed by atoms with Gasteiger partial charge in [0.2, 0.25) is 5.91 Å². The zero-order chi connectivity index (χ0) is 19.6. The van der Waals surface area contributed by atoms with Gasteiger partial charge in [-0.15, -0.1) is 0 Å². The number of likely N-dealkylation sites (tertiary alicyclic amines) is 1. The molecule has 0 saturated carbocycles. The first-order valence-electron chi connectivity index (χ1n) is 9.33. The standard InChI is InChI=1S/C19H25N3O5/c1-13-11-21(12-14(2)27-13)18(23)15-6-8-20(9-7-15)19(24)16-4-3-5-17(10-16)22(25)26/h3-5,10,13-15H,6-9,11-12H2,1-2H3/t13-,14+. The van der Waals surface area contributed by atoms with Gasteiger partial charge in [0.1, 0.15) is 0 Å². The number of benzene rings is 1. The monoisotopic (exact) mass is 375 g/mol. The van der Waals surface area contributed by atoms with Crippen molar-refractivity contribution in [3.63, 3.8) is 0 Å². The van der Waals surface area contributed by atoms with Crippen LogP contribution in [0.4, 0.5) is 5.69 Å². The van der Waals surface area contributed by atoms with Crippen LogP contribution in [0.15, 0.2) is 24.3 Å². The molecule has 8 heteroatoms. The topological polar surface area (TPSA) is 93.0 Å². The average molecular weight is 375 g/mol. The largest absolute Gasteiger partial charge is 0.372 e. The van der Waals surface area contributed by atoms with Crippen LogP contribution >= 0.6 is 0 Å². The summed E-state index contributed by atoms with van der Waals surface area (Å²) in [7, 11) is 0. The number of hydrogen-bond donors (Lipinski definition) is 0. The molecule has 3 rings (SSSR count). The molecule has 2 fully saturated rings. The Balaban J connectivity index is 1.58. The summed E-state index contributed by atoms with van der Waals surface area (Å²) in [6.45, 7) is 6.11. The Labute approximate surface area is 158 Å². The minimum absolute atomic E-state index is 0.0354. The van der Waals surface area contributed by atoms with Crippen LogP contribution in [0.5, 0.6) is 0 Å². The molecule has 2 amide bonds. The number of nitro benzene ring substituents is 1. The minimum Gasteiger partial charge on any atom is -0.372 e. The van der Waals surface area contributed by atoms with Crippen molar-refractivity contribution >= 4 is 17.5 Å². The van der Waals surface area contributed by atoms with Crippen LogP contribution in [0.2, 0.25) is 0 Å². The number of nitrogens with zero attached hydrogens (tertiary/aromatic N) is 3. The van der Waals surface area contributed by atoms with Gasteiger partial charge in [0.15, 0.2) is 0 Å². The van der Waals surface area contributed by atoms with Crippen LogP contribution in [0.1, 0.15) is 37.0 Å². The van der Waals surface area contributed by atoms with Crippen LogP contribution < -0.4 is 0 Å². The molecule has 2 heterocycles. The maximum atomic E-state index is 12.8. The van der Waals surface area contributed by atoms with E-state index < -0.39 is 4.92 Å². The zero-order valence-electron chi connectivity index (χ0n) is 15.7. The van der Waals surface area contributed by atoms with E-state index in [1.165, 1.54) is 18.2 Å².